The summed E-state index contributed by atoms with van der Waals surface area (Å²) in [4.78, 5) is 21.9. The second-order valence-electron chi connectivity index (χ2n) is 4.69. The molecule has 0 radical (unpaired) electrons. The summed E-state index contributed by atoms with van der Waals surface area (Å²) in [6.07, 6.45) is 2.38. The molecule has 1 aromatic rings. The maximum Gasteiger partial charge on any atom is 0.294 e. The Hall–Kier alpha value is -2.15. The molecule has 1 aromatic carbocycles. The number of nitrogens with one attached hydrogen (secondary N) is 2. The van der Waals surface area contributed by atoms with E-state index in [1.54, 1.807) is 6.07 Å². The molecule has 0 aliphatic carbocycles. The molecule has 0 bridgehead atoms. The number of aryl methyl sites for hydroxylation is 1. The van der Waals surface area contributed by atoms with Crippen LogP contribution in [0.3, 0.4) is 0 Å². The Bertz CT molecular complexity index is 531. The Balaban J connectivity index is 2.21. The molecule has 0 saturated carbocycles. The van der Waals surface area contributed by atoms with Crippen molar-refractivity contribution in [1.29, 1.82) is 0 Å². The quantitative estimate of drug-likeness (QED) is 0.417. The maximum absolute atomic E-state index is 11.3. The number of unbranched alkanes of at least 4 members (excludes halogenated alkanes) is 1. The topological polar surface area (TPSA) is 104 Å². The predicted molar refractivity (Wildman–Crippen MR) is 74.9 cm³/mol. The number of benzene rings is 1. The fourth-order valence-corrected chi connectivity index (χ4v) is 2.17. The van der Waals surface area contributed by atoms with Gasteiger partial charge in [-0.15, -0.1) is 0 Å². The molecule has 0 spiro atoms. The number of hydrogen-bond acceptors (Lipinski definition) is 5. The fourth-order valence-electron chi connectivity index (χ4n) is 2.17. The highest BCUT2D eigenvalue weighted by Gasteiger charge is 2.22. The molecule has 108 valence electrons. The number of rotatable bonds is 6. The van der Waals surface area contributed by atoms with Crippen molar-refractivity contribution in [1.82, 2.24) is 0 Å². The molecule has 1 aliphatic rings. The highest BCUT2D eigenvalue weighted by atomic mass is 16.6. The number of nitro groups is 1. The van der Waals surface area contributed by atoms with Gasteiger partial charge < -0.3 is 15.7 Å². The van der Waals surface area contributed by atoms with Crippen molar-refractivity contribution in [2.24, 2.45) is 0 Å². The zero-order chi connectivity index (χ0) is 14.5. The van der Waals surface area contributed by atoms with Gasteiger partial charge in [-0.3, -0.25) is 14.9 Å². The first-order valence-corrected chi connectivity index (χ1v) is 6.57. The predicted octanol–water partition coefficient (Wildman–Crippen LogP) is 1.66. The van der Waals surface area contributed by atoms with Gasteiger partial charge in [0.25, 0.3) is 5.69 Å². The Labute approximate surface area is 116 Å². The normalized spacial score (nSPS) is 13.6. The summed E-state index contributed by atoms with van der Waals surface area (Å²) in [7, 11) is 0. The number of fused-ring (bicyclic) bond motifs is 1. The standard InChI is InChI=1S/C13H17N3O4/c17-6-2-1-5-14-11-7-9-3-4-13(18)15-10(9)8-12(11)16(19)20/h7-8,14,17H,1-6H2,(H,15,18). The van der Waals surface area contributed by atoms with E-state index >= 15 is 0 Å². The van der Waals surface area contributed by atoms with E-state index < -0.39 is 4.92 Å². The van der Waals surface area contributed by atoms with Gasteiger partial charge in [0.15, 0.2) is 0 Å². The summed E-state index contributed by atoms with van der Waals surface area (Å²) in [6.45, 7) is 0.673. The van der Waals surface area contributed by atoms with Gasteiger partial charge in [0.2, 0.25) is 5.91 Å². The average molecular weight is 279 g/mol. The fraction of sp³-hybridized carbons (Fsp3) is 0.462. The van der Waals surface area contributed by atoms with Crippen LogP contribution >= 0.6 is 0 Å². The first kappa shape index (κ1) is 14.3. The highest BCUT2D eigenvalue weighted by molar-refractivity contribution is 5.95. The molecule has 0 fully saturated rings. The molecule has 1 heterocycles. The lowest BCUT2D eigenvalue weighted by molar-refractivity contribution is -0.383. The average Bonchev–Trinajstić information content (AvgIpc) is 2.42. The Morgan fingerprint density at radius 2 is 2.15 bits per heavy atom. The molecule has 0 unspecified atom stereocenters. The highest BCUT2D eigenvalue weighted by Crippen LogP contribution is 2.34. The molecule has 0 aromatic heterocycles. The molecule has 2 rings (SSSR count). The second kappa shape index (κ2) is 6.33. The van der Waals surface area contributed by atoms with Crippen LogP contribution in [-0.2, 0) is 11.2 Å². The molecular weight excluding hydrogens is 262 g/mol. The van der Waals surface area contributed by atoms with Gasteiger partial charge in [0, 0.05) is 25.6 Å². The smallest absolute Gasteiger partial charge is 0.294 e. The van der Waals surface area contributed by atoms with Crippen LogP contribution in [0.5, 0.6) is 0 Å². The van der Waals surface area contributed by atoms with Crippen molar-refractivity contribution in [3.05, 3.63) is 27.8 Å². The van der Waals surface area contributed by atoms with E-state index in [1.807, 2.05) is 0 Å². The van der Waals surface area contributed by atoms with E-state index in [-0.39, 0.29) is 18.2 Å². The van der Waals surface area contributed by atoms with Crippen LogP contribution in [0.2, 0.25) is 0 Å². The van der Waals surface area contributed by atoms with E-state index in [0.717, 1.165) is 12.0 Å². The second-order valence-corrected chi connectivity index (χ2v) is 4.69. The number of amides is 1. The van der Waals surface area contributed by atoms with E-state index in [0.29, 0.717) is 37.2 Å². The lowest BCUT2D eigenvalue weighted by Gasteiger charge is -2.18. The van der Waals surface area contributed by atoms with Crippen LogP contribution in [0.1, 0.15) is 24.8 Å². The largest absolute Gasteiger partial charge is 0.396 e. The van der Waals surface area contributed by atoms with Crippen molar-refractivity contribution in [2.45, 2.75) is 25.7 Å². The van der Waals surface area contributed by atoms with Gasteiger partial charge in [0.1, 0.15) is 5.69 Å². The van der Waals surface area contributed by atoms with Crippen LogP contribution in [-0.4, -0.2) is 29.1 Å². The first-order valence-electron chi connectivity index (χ1n) is 6.57. The zero-order valence-electron chi connectivity index (χ0n) is 11.0. The minimum Gasteiger partial charge on any atom is -0.396 e. The van der Waals surface area contributed by atoms with Crippen molar-refractivity contribution in [3.8, 4) is 0 Å². The van der Waals surface area contributed by atoms with Crippen LogP contribution < -0.4 is 10.6 Å². The zero-order valence-corrected chi connectivity index (χ0v) is 11.0. The van der Waals surface area contributed by atoms with Crippen molar-refractivity contribution in [2.75, 3.05) is 23.8 Å². The van der Waals surface area contributed by atoms with Crippen LogP contribution in [0.15, 0.2) is 12.1 Å². The van der Waals surface area contributed by atoms with Crippen LogP contribution in [0.25, 0.3) is 0 Å². The molecule has 0 saturated heterocycles. The third-order valence-electron chi connectivity index (χ3n) is 3.21. The van der Waals surface area contributed by atoms with Crippen LogP contribution in [0.4, 0.5) is 17.1 Å². The Morgan fingerprint density at radius 1 is 1.35 bits per heavy atom. The summed E-state index contributed by atoms with van der Waals surface area (Å²) in [5.74, 6) is -0.115. The number of aliphatic hydroxyl groups is 1. The Morgan fingerprint density at radius 3 is 2.85 bits per heavy atom. The Kier molecular flexibility index (Phi) is 4.52. The van der Waals surface area contributed by atoms with E-state index in [9.17, 15) is 14.9 Å². The lowest BCUT2D eigenvalue weighted by atomic mass is 10.0. The van der Waals surface area contributed by atoms with Crippen molar-refractivity contribution >= 4 is 23.0 Å². The van der Waals surface area contributed by atoms with Gasteiger partial charge >= 0.3 is 0 Å². The third kappa shape index (κ3) is 3.24. The van der Waals surface area contributed by atoms with E-state index in [4.69, 9.17) is 5.11 Å². The summed E-state index contributed by atoms with van der Waals surface area (Å²) in [5.41, 5.74) is 1.84. The van der Waals surface area contributed by atoms with Crippen LogP contribution in [0, 0.1) is 10.1 Å². The first-order chi connectivity index (χ1) is 9.61. The molecule has 0 atom stereocenters. The molecule has 7 nitrogen and oxygen atoms in total. The van der Waals surface area contributed by atoms with Gasteiger partial charge in [-0.2, -0.15) is 0 Å². The summed E-state index contributed by atoms with van der Waals surface area (Å²) in [5, 5.41) is 25.5. The summed E-state index contributed by atoms with van der Waals surface area (Å²) in [6, 6.07) is 3.13. The number of carbonyl (C=O) groups is 1. The molecule has 1 amide bonds. The third-order valence-corrected chi connectivity index (χ3v) is 3.21. The van der Waals surface area contributed by atoms with Gasteiger partial charge in [-0.25, -0.2) is 0 Å². The molecule has 7 heteroatoms. The number of hydrogen-bond donors (Lipinski definition) is 3. The number of nitrogens with zero attached hydrogens (tertiary/aromatic N) is 1. The number of nitro benzene ring substituents is 1. The number of carbonyl (C=O) groups excluding carboxylic acids is 1. The van der Waals surface area contributed by atoms with Gasteiger partial charge in [-0.1, -0.05) is 0 Å². The van der Waals surface area contributed by atoms with E-state index in [1.165, 1.54) is 6.07 Å². The molecular formula is C13H17N3O4. The summed E-state index contributed by atoms with van der Waals surface area (Å²) < 4.78 is 0. The summed E-state index contributed by atoms with van der Waals surface area (Å²) >= 11 is 0. The van der Waals surface area contributed by atoms with E-state index in [2.05, 4.69) is 10.6 Å². The number of anilines is 2. The maximum atomic E-state index is 11.3. The van der Waals surface area contributed by atoms with Gasteiger partial charge in [-0.05, 0) is 30.9 Å². The molecule has 20 heavy (non-hydrogen) atoms. The van der Waals surface area contributed by atoms with Crippen molar-refractivity contribution < 1.29 is 14.8 Å². The molecule has 1 aliphatic heterocycles. The number of aliphatic hydroxyl groups excluding tert-OH is 1. The minimum absolute atomic E-state index is 0.0463. The minimum atomic E-state index is -0.463. The van der Waals surface area contributed by atoms with Gasteiger partial charge in [0.05, 0.1) is 10.6 Å². The molecule has 3 N–H and O–H groups in total. The van der Waals surface area contributed by atoms with Crippen molar-refractivity contribution in [3.63, 3.8) is 0 Å². The lowest BCUT2D eigenvalue weighted by Crippen LogP contribution is -2.19. The SMILES string of the molecule is O=C1CCc2cc(NCCCCO)c([N+](=O)[O-])cc2N1. The monoisotopic (exact) mass is 279 g/mol.